The number of hydrogen-bond donors (Lipinski definition) is 4. The Morgan fingerprint density at radius 1 is 1.06 bits per heavy atom. The van der Waals surface area contributed by atoms with E-state index in [4.69, 9.17) is 29.0 Å². The highest BCUT2D eigenvalue weighted by Gasteiger charge is 2.54. The van der Waals surface area contributed by atoms with Crippen LogP contribution >= 0.6 is 7.75 Å². The number of aliphatic hydroxyl groups excluding tert-OH is 2. The van der Waals surface area contributed by atoms with E-state index in [-0.39, 0.29) is 24.8 Å². The highest BCUT2D eigenvalue weighted by Crippen LogP contribution is 2.48. The van der Waals surface area contributed by atoms with Gasteiger partial charge in [-0.05, 0) is 44.0 Å². The Labute approximate surface area is 279 Å². The van der Waals surface area contributed by atoms with Gasteiger partial charge in [0.15, 0.2) is 5.82 Å². The molecule has 48 heavy (non-hydrogen) atoms. The summed E-state index contributed by atoms with van der Waals surface area (Å²) in [5.41, 5.74) is 5.19. The standard InChI is InChI=1S/C32H46N5O10P/c1-4-6-11-17-43-26(38)19-23(31(41)44-18-12-7-5-2)36-48(42,47-22-13-9-8-10-14-22)45-20-32(3)29(40)27(39)28(46-32)24-15-16-25-30(33)34-21-35-37(24)25/h8-10,13-16,21,23,27-29,39-40H,4-7,11-12,17-20H2,1-3H3,(H,36,42)(H2,33,34,35)/t23-,27-,28-,29-,32+,48-/m0/s1. The van der Waals surface area contributed by atoms with E-state index in [2.05, 4.69) is 15.2 Å². The summed E-state index contributed by atoms with van der Waals surface area (Å²) >= 11 is 0. The van der Waals surface area contributed by atoms with Crippen molar-refractivity contribution >= 4 is 31.0 Å². The van der Waals surface area contributed by atoms with Crippen molar-refractivity contribution in [1.29, 1.82) is 0 Å². The zero-order valence-electron chi connectivity index (χ0n) is 27.5. The second-order valence-electron chi connectivity index (χ2n) is 11.9. The summed E-state index contributed by atoms with van der Waals surface area (Å²) in [5, 5.41) is 29.0. The van der Waals surface area contributed by atoms with E-state index < -0.39 is 62.7 Å². The molecule has 1 aromatic carbocycles. The van der Waals surface area contributed by atoms with E-state index in [9.17, 15) is 24.4 Å². The molecule has 0 unspecified atom stereocenters. The van der Waals surface area contributed by atoms with Gasteiger partial charge in [-0.15, -0.1) is 0 Å². The molecule has 0 radical (unpaired) electrons. The average Bonchev–Trinajstić information content (AvgIpc) is 3.60. The molecular formula is C32H46N5O10P. The van der Waals surface area contributed by atoms with Crippen LogP contribution in [-0.4, -0.2) is 80.4 Å². The van der Waals surface area contributed by atoms with Crippen LogP contribution in [0.5, 0.6) is 5.75 Å². The van der Waals surface area contributed by atoms with Gasteiger partial charge in [0, 0.05) is 0 Å². The van der Waals surface area contributed by atoms with Crippen LogP contribution in [0.3, 0.4) is 0 Å². The van der Waals surface area contributed by atoms with Gasteiger partial charge >= 0.3 is 19.7 Å². The van der Waals surface area contributed by atoms with Crippen molar-refractivity contribution in [2.45, 2.75) is 95.7 Å². The summed E-state index contributed by atoms with van der Waals surface area (Å²) in [6.45, 7) is 5.20. The molecule has 1 saturated heterocycles. The number of aromatic nitrogens is 3. The van der Waals surface area contributed by atoms with Crippen LogP contribution in [-0.2, 0) is 32.9 Å². The number of benzene rings is 1. The SMILES string of the molecule is CCCCCOC(=O)C[C@H](N[P@](=O)(OC[C@@]1(C)O[C@@H](c2ccc3c(N)ncnn23)[C@H](O)[C@@H]1O)Oc1ccccc1)C(=O)OCCCCC. The summed E-state index contributed by atoms with van der Waals surface area (Å²) < 4.78 is 44.4. The van der Waals surface area contributed by atoms with Crippen molar-refractivity contribution in [3.63, 3.8) is 0 Å². The number of esters is 2. The maximum Gasteiger partial charge on any atom is 0.459 e. The average molecular weight is 692 g/mol. The summed E-state index contributed by atoms with van der Waals surface area (Å²) in [7, 11) is -4.53. The first-order chi connectivity index (χ1) is 23.0. The third kappa shape index (κ3) is 9.52. The van der Waals surface area contributed by atoms with Crippen LogP contribution in [0, 0.1) is 0 Å². The number of fused-ring (bicyclic) bond motifs is 1. The van der Waals surface area contributed by atoms with Gasteiger partial charge in [-0.2, -0.15) is 10.2 Å². The van der Waals surface area contributed by atoms with Gasteiger partial charge in [0.2, 0.25) is 0 Å². The minimum absolute atomic E-state index is 0.101. The molecule has 6 atom stereocenters. The van der Waals surface area contributed by atoms with Crippen molar-refractivity contribution in [3.8, 4) is 5.75 Å². The Bertz CT molecular complexity index is 1540. The molecule has 1 aliphatic rings. The normalized spacial score (nSPS) is 22.6. The number of hydrogen-bond acceptors (Lipinski definition) is 13. The second kappa shape index (κ2) is 17.2. The number of ether oxygens (including phenoxy) is 3. The molecule has 0 aliphatic carbocycles. The van der Waals surface area contributed by atoms with Crippen LogP contribution in [0.25, 0.3) is 5.52 Å². The number of carbonyl (C=O) groups excluding carboxylic acids is 2. The largest absolute Gasteiger partial charge is 0.466 e. The van der Waals surface area contributed by atoms with Crippen molar-refractivity contribution < 1.29 is 47.6 Å². The van der Waals surface area contributed by atoms with E-state index in [0.717, 1.165) is 25.7 Å². The highest BCUT2D eigenvalue weighted by molar-refractivity contribution is 7.52. The van der Waals surface area contributed by atoms with Crippen LogP contribution < -0.4 is 15.3 Å². The Balaban J connectivity index is 1.55. The van der Waals surface area contributed by atoms with E-state index in [1.807, 2.05) is 13.8 Å². The van der Waals surface area contributed by atoms with E-state index in [1.54, 1.807) is 30.3 Å². The first-order valence-electron chi connectivity index (χ1n) is 16.2. The lowest BCUT2D eigenvalue weighted by Gasteiger charge is -2.30. The number of nitrogens with zero attached hydrogens (tertiary/aromatic N) is 3. The van der Waals surface area contributed by atoms with Crippen molar-refractivity contribution in [2.24, 2.45) is 0 Å². The van der Waals surface area contributed by atoms with Gasteiger partial charge in [-0.3, -0.25) is 14.1 Å². The molecule has 1 fully saturated rings. The van der Waals surface area contributed by atoms with Gasteiger partial charge in [0.1, 0.15) is 47.5 Å². The lowest BCUT2D eigenvalue weighted by Crippen LogP contribution is -2.45. The van der Waals surface area contributed by atoms with Crippen molar-refractivity contribution in [1.82, 2.24) is 19.7 Å². The second-order valence-corrected chi connectivity index (χ2v) is 13.5. The molecule has 3 heterocycles. The van der Waals surface area contributed by atoms with Gasteiger partial charge in [-0.25, -0.2) is 14.1 Å². The highest BCUT2D eigenvalue weighted by atomic mass is 31.2. The van der Waals surface area contributed by atoms with Crippen molar-refractivity contribution in [3.05, 3.63) is 54.5 Å². The summed E-state index contributed by atoms with van der Waals surface area (Å²) in [6.07, 6.45) is 1.51. The number of nitrogens with two attached hydrogens (primary N) is 1. The number of aliphatic hydroxyl groups is 2. The third-order valence-electron chi connectivity index (χ3n) is 7.92. The molecule has 2 aromatic heterocycles. The van der Waals surface area contributed by atoms with Crippen LogP contribution in [0.15, 0.2) is 48.8 Å². The molecule has 3 aromatic rings. The number of nitrogen functional groups attached to an aromatic ring is 1. The number of para-hydroxylation sites is 1. The molecule has 0 amide bonds. The molecule has 0 saturated carbocycles. The van der Waals surface area contributed by atoms with Gasteiger partial charge in [0.05, 0.1) is 31.9 Å². The summed E-state index contributed by atoms with van der Waals surface area (Å²) in [6, 6.07) is 9.92. The van der Waals surface area contributed by atoms with E-state index in [0.29, 0.717) is 24.1 Å². The Kier molecular flexibility index (Phi) is 13.3. The molecule has 264 valence electrons. The Morgan fingerprint density at radius 2 is 1.75 bits per heavy atom. The minimum atomic E-state index is -4.53. The Hall–Kier alpha value is -3.59. The molecule has 0 spiro atoms. The predicted octanol–water partition coefficient (Wildman–Crippen LogP) is 3.88. The number of unbranched alkanes of at least 4 members (excludes halogenated alkanes) is 4. The fourth-order valence-electron chi connectivity index (χ4n) is 5.18. The fraction of sp³-hybridized carbons (Fsp3) is 0.562. The van der Waals surface area contributed by atoms with Crippen LogP contribution in [0.4, 0.5) is 5.82 Å². The third-order valence-corrected chi connectivity index (χ3v) is 9.47. The lowest BCUT2D eigenvalue weighted by molar-refractivity contribution is -0.152. The summed E-state index contributed by atoms with van der Waals surface area (Å²) in [4.78, 5) is 29.9. The number of nitrogens with one attached hydrogen (secondary N) is 1. The number of rotatable bonds is 19. The molecule has 5 N–H and O–H groups in total. The minimum Gasteiger partial charge on any atom is -0.466 e. The molecule has 16 heteroatoms. The Morgan fingerprint density at radius 3 is 2.44 bits per heavy atom. The van der Waals surface area contributed by atoms with E-state index >= 15 is 0 Å². The van der Waals surface area contributed by atoms with Crippen molar-refractivity contribution in [2.75, 3.05) is 25.6 Å². The maximum absolute atomic E-state index is 14.4. The lowest BCUT2D eigenvalue weighted by atomic mass is 9.97. The van der Waals surface area contributed by atoms with Gasteiger partial charge in [0.25, 0.3) is 0 Å². The molecule has 1 aliphatic heterocycles. The number of carbonyl (C=O) groups is 2. The fourth-order valence-corrected chi connectivity index (χ4v) is 6.77. The van der Waals surface area contributed by atoms with Crippen LogP contribution in [0.1, 0.15) is 77.5 Å². The zero-order chi connectivity index (χ0) is 34.7. The summed E-state index contributed by atoms with van der Waals surface area (Å²) in [5.74, 6) is -1.18. The van der Waals surface area contributed by atoms with Gasteiger partial charge < -0.3 is 34.7 Å². The predicted molar refractivity (Wildman–Crippen MR) is 175 cm³/mol. The smallest absolute Gasteiger partial charge is 0.459 e. The number of anilines is 1. The first kappa shape index (κ1) is 37.2. The monoisotopic (exact) mass is 691 g/mol. The maximum atomic E-state index is 14.4. The molecule has 15 nitrogen and oxygen atoms in total. The van der Waals surface area contributed by atoms with Gasteiger partial charge in [-0.1, -0.05) is 57.7 Å². The zero-order valence-corrected chi connectivity index (χ0v) is 28.4. The quantitative estimate of drug-likeness (QED) is 0.0800. The first-order valence-corrected chi connectivity index (χ1v) is 17.8. The van der Waals surface area contributed by atoms with E-state index in [1.165, 1.54) is 29.9 Å². The molecule has 0 bridgehead atoms. The molecular weight excluding hydrogens is 645 g/mol. The van der Waals surface area contributed by atoms with Crippen LogP contribution in [0.2, 0.25) is 0 Å². The molecule has 4 rings (SSSR count). The topological polar surface area (TPSA) is 206 Å².